The number of rotatable bonds is 5. The van der Waals surface area contributed by atoms with Crippen molar-refractivity contribution in [1.82, 2.24) is 9.88 Å². The van der Waals surface area contributed by atoms with Crippen LogP contribution in [0.3, 0.4) is 0 Å². The lowest BCUT2D eigenvalue weighted by Gasteiger charge is -2.33. The van der Waals surface area contributed by atoms with Crippen LogP contribution in [0.4, 0.5) is 11.5 Å². The fourth-order valence-corrected chi connectivity index (χ4v) is 3.59. The van der Waals surface area contributed by atoms with Gasteiger partial charge in [0.25, 0.3) is 5.91 Å². The van der Waals surface area contributed by atoms with Crippen LogP contribution in [0.5, 0.6) is 0 Å². The smallest absolute Gasteiger partial charge is 0.255 e. The molecule has 0 unspecified atom stereocenters. The number of carbonyl (C=O) groups is 1. The van der Waals surface area contributed by atoms with E-state index in [-0.39, 0.29) is 5.91 Å². The fraction of sp³-hybridized carbons (Fsp3) is 0.250. The molecule has 0 bridgehead atoms. The number of hydrogen-bond acceptors (Lipinski definition) is 4. The largest absolute Gasteiger partial charge is 0.354 e. The first kappa shape index (κ1) is 19.2. The van der Waals surface area contributed by atoms with E-state index in [0.717, 1.165) is 44.0 Å². The summed E-state index contributed by atoms with van der Waals surface area (Å²) in [7, 11) is 2.14. The first-order valence-electron chi connectivity index (χ1n) is 10.0. The van der Waals surface area contributed by atoms with E-state index in [1.807, 2.05) is 54.6 Å². The minimum absolute atomic E-state index is 0.106. The van der Waals surface area contributed by atoms with Gasteiger partial charge in [-0.3, -0.25) is 4.79 Å². The summed E-state index contributed by atoms with van der Waals surface area (Å²) >= 11 is 0. The Hall–Kier alpha value is -3.18. The number of anilines is 2. The molecule has 0 atom stereocenters. The van der Waals surface area contributed by atoms with Gasteiger partial charge in [-0.1, -0.05) is 48.5 Å². The second kappa shape index (κ2) is 8.88. The number of piperazine rings is 1. The Kier molecular flexibility index (Phi) is 5.86. The van der Waals surface area contributed by atoms with Crippen LogP contribution < -0.4 is 10.2 Å². The Labute approximate surface area is 172 Å². The zero-order valence-electron chi connectivity index (χ0n) is 16.7. The van der Waals surface area contributed by atoms with Gasteiger partial charge in [0.05, 0.1) is 11.9 Å². The average molecular weight is 386 g/mol. The number of carbonyl (C=O) groups excluding carboxylic acids is 1. The molecule has 1 aliphatic heterocycles. The van der Waals surface area contributed by atoms with Gasteiger partial charge in [0, 0.05) is 31.7 Å². The standard InChI is InChI=1S/C24H26N4O/c1-27-13-15-28(16-14-27)23-12-11-21(18-25-23)26-24(29)22-10-6-5-9-20(22)17-19-7-3-2-4-8-19/h2-12,18H,13-17H2,1H3,(H,26,29). The second-order valence-corrected chi connectivity index (χ2v) is 7.47. The van der Waals surface area contributed by atoms with Crippen LogP contribution in [-0.2, 0) is 6.42 Å². The highest BCUT2D eigenvalue weighted by Gasteiger charge is 2.16. The van der Waals surface area contributed by atoms with Gasteiger partial charge in [-0.25, -0.2) is 4.98 Å². The molecule has 0 saturated carbocycles. The minimum atomic E-state index is -0.106. The second-order valence-electron chi connectivity index (χ2n) is 7.47. The van der Waals surface area contributed by atoms with Crippen molar-refractivity contribution in [1.29, 1.82) is 0 Å². The zero-order chi connectivity index (χ0) is 20.1. The van der Waals surface area contributed by atoms with Gasteiger partial charge in [0.2, 0.25) is 0 Å². The summed E-state index contributed by atoms with van der Waals surface area (Å²) in [5.74, 6) is 0.853. The molecule has 0 spiro atoms. The highest BCUT2D eigenvalue weighted by atomic mass is 16.1. The number of amides is 1. The molecular formula is C24H26N4O. The highest BCUT2D eigenvalue weighted by molar-refractivity contribution is 6.05. The van der Waals surface area contributed by atoms with Gasteiger partial charge >= 0.3 is 0 Å². The summed E-state index contributed by atoms with van der Waals surface area (Å²) in [4.78, 5) is 22.0. The SMILES string of the molecule is CN1CCN(c2ccc(NC(=O)c3ccccc3Cc3ccccc3)cn2)CC1. The summed E-state index contributed by atoms with van der Waals surface area (Å²) < 4.78 is 0. The molecule has 0 aliphatic carbocycles. The third kappa shape index (κ3) is 4.81. The van der Waals surface area contributed by atoms with Crippen molar-refractivity contribution >= 4 is 17.4 Å². The molecular weight excluding hydrogens is 360 g/mol. The average Bonchev–Trinajstić information content (AvgIpc) is 2.76. The van der Waals surface area contributed by atoms with Gasteiger partial charge in [-0.2, -0.15) is 0 Å². The van der Waals surface area contributed by atoms with Crippen LogP contribution in [0.25, 0.3) is 0 Å². The Balaban J connectivity index is 1.44. The van der Waals surface area contributed by atoms with Gasteiger partial charge < -0.3 is 15.1 Å². The summed E-state index contributed by atoms with van der Waals surface area (Å²) in [5, 5.41) is 2.99. The lowest BCUT2D eigenvalue weighted by molar-refractivity contribution is 0.102. The number of likely N-dealkylation sites (N-methyl/N-ethyl adjacent to an activating group) is 1. The van der Waals surface area contributed by atoms with E-state index in [1.165, 1.54) is 5.56 Å². The van der Waals surface area contributed by atoms with Crippen molar-refractivity contribution in [2.45, 2.75) is 6.42 Å². The van der Waals surface area contributed by atoms with E-state index < -0.39 is 0 Å². The summed E-state index contributed by atoms with van der Waals surface area (Å²) in [5.41, 5.74) is 3.60. The van der Waals surface area contributed by atoms with Crippen molar-refractivity contribution < 1.29 is 4.79 Å². The molecule has 4 rings (SSSR count). The molecule has 3 aromatic rings. The molecule has 2 aromatic carbocycles. The van der Waals surface area contributed by atoms with E-state index in [9.17, 15) is 4.79 Å². The topological polar surface area (TPSA) is 48.5 Å². The minimum Gasteiger partial charge on any atom is -0.354 e. The number of aromatic nitrogens is 1. The Morgan fingerprint density at radius 1 is 0.931 bits per heavy atom. The fourth-order valence-electron chi connectivity index (χ4n) is 3.59. The van der Waals surface area contributed by atoms with E-state index in [2.05, 4.69) is 39.3 Å². The normalized spacial score (nSPS) is 14.6. The van der Waals surface area contributed by atoms with Crippen molar-refractivity contribution in [2.24, 2.45) is 0 Å². The van der Waals surface area contributed by atoms with Gasteiger partial charge in [0.15, 0.2) is 0 Å². The summed E-state index contributed by atoms with van der Waals surface area (Å²) in [6, 6.07) is 21.9. The van der Waals surface area contributed by atoms with E-state index in [1.54, 1.807) is 6.20 Å². The molecule has 5 nitrogen and oxygen atoms in total. The van der Waals surface area contributed by atoms with Crippen LogP contribution in [0, 0.1) is 0 Å². The maximum atomic E-state index is 12.9. The van der Waals surface area contributed by atoms with Crippen LogP contribution in [0.15, 0.2) is 72.9 Å². The molecule has 0 radical (unpaired) electrons. The van der Waals surface area contributed by atoms with E-state index in [0.29, 0.717) is 11.3 Å². The van der Waals surface area contributed by atoms with Gasteiger partial charge in [0.1, 0.15) is 5.82 Å². The monoisotopic (exact) mass is 386 g/mol. The first-order valence-corrected chi connectivity index (χ1v) is 10.0. The van der Waals surface area contributed by atoms with Gasteiger partial charge in [-0.05, 0) is 42.8 Å². The van der Waals surface area contributed by atoms with Gasteiger partial charge in [-0.15, -0.1) is 0 Å². The van der Waals surface area contributed by atoms with Crippen LogP contribution in [-0.4, -0.2) is 49.0 Å². The summed E-state index contributed by atoms with van der Waals surface area (Å²) in [6.07, 6.45) is 2.47. The molecule has 29 heavy (non-hydrogen) atoms. The Morgan fingerprint density at radius 3 is 2.38 bits per heavy atom. The molecule has 1 N–H and O–H groups in total. The van der Waals surface area contributed by atoms with Crippen LogP contribution in [0.1, 0.15) is 21.5 Å². The summed E-state index contributed by atoms with van der Waals surface area (Å²) in [6.45, 7) is 4.03. The van der Waals surface area contributed by atoms with Crippen molar-refractivity contribution in [3.05, 3.63) is 89.6 Å². The number of nitrogens with one attached hydrogen (secondary N) is 1. The maximum absolute atomic E-state index is 12.9. The predicted octanol–water partition coefficient (Wildman–Crippen LogP) is 3.68. The number of hydrogen-bond donors (Lipinski definition) is 1. The predicted molar refractivity (Wildman–Crippen MR) is 118 cm³/mol. The number of benzene rings is 2. The van der Waals surface area contributed by atoms with Crippen LogP contribution >= 0.6 is 0 Å². The third-order valence-electron chi connectivity index (χ3n) is 5.33. The van der Waals surface area contributed by atoms with Crippen molar-refractivity contribution in [3.8, 4) is 0 Å². The number of nitrogens with zero attached hydrogens (tertiary/aromatic N) is 3. The molecule has 1 aromatic heterocycles. The lowest BCUT2D eigenvalue weighted by atomic mass is 9.99. The molecule has 5 heteroatoms. The quantitative estimate of drug-likeness (QED) is 0.727. The lowest BCUT2D eigenvalue weighted by Crippen LogP contribution is -2.44. The molecule has 1 aliphatic rings. The van der Waals surface area contributed by atoms with Crippen LogP contribution in [0.2, 0.25) is 0 Å². The van der Waals surface area contributed by atoms with Crippen molar-refractivity contribution in [3.63, 3.8) is 0 Å². The number of pyridine rings is 1. The first-order chi connectivity index (χ1) is 14.2. The zero-order valence-corrected chi connectivity index (χ0v) is 16.7. The Morgan fingerprint density at radius 2 is 1.66 bits per heavy atom. The molecule has 1 amide bonds. The molecule has 148 valence electrons. The molecule has 1 fully saturated rings. The van der Waals surface area contributed by atoms with E-state index in [4.69, 9.17) is 0 Å². The Bertz CT molecular complexity index is 948. The molecule has 2 heterocycles. The maximum Gasteiger partial charge on any atom is 0.255 e. The molecule has 1 saturated heterocycles. The third-order valence-corrected chi connectivity index (χ3v) is 5.33. The van der Waals surface area contributed by atoms with Crippen molar-refractivity contribution in [2.75, 3.05) is 43.4 Å². The highest BCUT2D eigenvalue weighted by Crippen LogP contribution is 2.19. The van der Waals surface area contributed by atoms with E-state index >= 15 is 0 Å².